The quantitative estimate of drug-likeness (QED) is 0.866. The van der Waals surface area contributed by atoms with Gasteiger partial charge in [0.2, 0.25) is 0 Å². The zero-order valence-corrected chi connectivity index (χ0v) is 12.1. The lowest BCUT2D eigenvalue weighted by Crippen LogP contribution is -2.24. The van der Waals surface area contributed by atoms with Crippen molar-refractivity contribution in [3.8, 4) is 0 Å². The fourth-order valence-electron chi connectivity index (χ4n) is 2.50. The zero-order valence-electron chi connectivity index (χ0n) is 12.1. The van der Waals surface area contributed by atoms with Gasteiger partial charge in [-0.15, -0.1) is 0 Å². The van der Waals surface area contributed by atoms with Crippen molar-refractivity contribution in [2.75, 3.05) is 7.05 Å². The molecule has 0 saturated carbocycles. The van der Waals surface area contributed by atoms with Crippen LogP contribution in [0.25, 0.3) is 5.70 Å². The number of likely N-dealkylation sites (N-methyl/N-ethyl adjacent to an activating group) is 1. The van der Waals surface area contributed by atoms with E-state index in [1.807, 2.05) is 50.4 Å². The number of allylic oxidation sites excluding steroid dienone is 3. The molecule has 1 heterocycles. The van der Waals surface area contributed by atoms with E-state index in [0.29, 0.717) is 11.4 Å². The van der Waals surface area contributed by atoms with Gasteiger partial charge in [0.25, 0.3) is 0 Å². The number of nitrogens with two attached hydrogens (primary N) is 2. The average molecular weight is 267 g/mol. The second-order valence-corrected chi connectivity index (χ2v) is 4.84. The Kier molecular flexibility index (Phi) is 3.99. The first-order valence-electron chi connectivity index (χ1n) is 6.64. The predicted octanol–water partition coefficient (Wildman–Crippen LogP) is 2.73. The molecule has 1 aromatic rings. The summed E-state index contributed by atoms with van der Waals surface area (Å²) in [6, 6.07) is 8.08. The van der Waals surface area contributed by atoms with Crippen molar-refractivity contribution in [2.24, 2.45) is 11.5 Å². The third-order valence-corrected chi connectivity index (χ3v) is 3.51. The molecule has 0 saturated heterocycles. The van der Waals surface area contributed by atoms with Crippen molar-refractivity contribution < 1.29 is 0 Å². The number of hydrogen-bond acceptors (Lipinski definition) is 3. The van der Waals surface area contributed by atoms with Crippen molar-refractivity contribution in [2.45, 2.75) is 13.5 Å². The minimum absolute atomic E-state index is 0.594. The first-order chi connectivity index (χ1) is 9.60. The van der Waals surface area contributed by atoms with Crippen LogP contribution in [-0.4, -0.2) is 11.9 Å². The topological polar surface area (TPSA) is 55.3 Å². The Morgan fingerprint density at radius 2 is 1.90 bits per heavy atom. The Labute approximate surface area is 120 Å². The first kappa shape index (κ1) is 14.0. The maximum atomic E-state index is 6.29. The van der Waals surface area contributed by atoms with Crippen molar-refractivity contribution in [1.29, 1.82) is 0 Å². The highest BCUT2D eigenvalue weighted by molar-refractivity contribution is 5.73. The van der Waals surface area contributed by atoms with Crippen LogP contribution in [0.3, 0.4) is 0 Å². The zero-order chi connectivity index (χ0) is 14.7. The number of hydrogen-bond donors (Lipinski definition) is 2. The van der Waals surface area contributed by atoms with Crippen LogP contribution < -0.4 is 11.5 Å². The maximum absolute atomic E-state index is 6.29. The molecule has 3 heteroatoms. The molecule has 0 amide bonds. The smallest absolute Gasteiger partial charge is 0.0648 e. The Balaban J connectivity index is 2.76. The van der Waals surface area contributed by atoms with Gasteiger partial charge >= 0.3 is 0 Å². The largest absolute Gasteiger partial charge is 0.397 e. The molecular weight excluding hydrogens is 246 g/mol. The molecule has 0 fully saturated rings. The molecule has 104 valence electrons. The van der Waals surface area contributed by atoms with E-state index in [1.165, 1.54) is 0 Å². The summed E-state index contributed by atoms with van der Waals surface area (Å²) in [5.74, 6) is 0. The SMILES string of the molecule is C=C/C1=C(\C=C/C)C(/N)=C(/N)c2ccccc2CN1C. The molecule has 1 aromatic carbocycles. The van der Waals surface area contributed by atoms with Crippen LogP contribution >= 0.6 is 0 Å². The van der Waals surface area contributed by atoms with Gasteiger partial charge in [-0.3, -0.25) is 0 Å². The molecule has 0 spiro atoms. The van der Waals surface area contributed by atoms with Crippen LogP contribution in [0.4, 0.5) is 0 Å². The fourth-order valence-corrected chi connectivity index (χ4v) is 2.50. The van der Waals surface area contributed by atoms with Crippen LogP contribution in [0.1, 0.15) is 18.1 Å². The molecule has 0 radical (unpaired) electrons. The van der Waals surface area contributed by atoms with E-state index >= 15 is 0 Å². The summed E-state index contributed by atoms with van der Waals surface area (Å²) in [6.07, 6.45) is 5.76. The normalized spacial score (nSPS) is 23.4. The third kappa shape index (κ3) is 2.35. The first-order valence-corrected chi connectivity index (χ1v) is 6.64. The van der Waals surface area contributed by atoms with E-state index in [9.17, 15) is 0 Å². The molecule has 0 atom stereocenters. The van der Waals surface area contributed by atoms with Crippen molar-refractivity contribution in [3.05, 3.63) is 77.2 Å². The standard InChI is InChI=1S/C17H21N3/c1-4-8-14-15(5-2)20(3)11-12-9-6-7-10-13(12)16(18)17(14)19/h4-10H,2,11,18-19H2,1,3H3/b8-4-,15-14-,17-16-. The Hall–Kier alpha value is -2.42. The van der Waals surface area contributed by atoms with Gasteiger partial charge in [0.1, 0.15) is 0 Å². The lowest BCUT2D eigenvalue weighted by Gasteiger charge is -2.27. The summed E-state index contributed by atoms with van der Waals surface area (Å²) in [6.45, 7) is 6.64. The molecule has 0 bridgehead atoms. The van der Waals surface area contributed by atoms with E-state index in [1.54, 1.807) is 0 Å². The van der Waals surface area contributed by atoms with Gasteiger partial charge in [0.05, 0.1) is 11.4 Å². The summed E-state index contributed by atoms with van der Waals surface area (Å²) in [5, 5.41) is 0. The van der Waals surface area contributed by atoms with E-state index in [-0.39, 0.29) is 0 Å². The minimum atomic E-state index is 0.594. The lowest BCUT2D eigenvalue weighted by molar-refractivity contribution is 0.420. The number of nitrogens with zero attached hydrogens (tertiary/aromatic N) is 1. The summed E-state index contributed by atoms with van der Waals surface area (Å²) >= 11 is 0. The Bertz CT molecular complexity index is 621. The fraction of sp³-hybridized carbons (Fsp3) is 0.176. The molecule has 4 N–H and O–H groups in total. The van der Waals surface area contributed by atoms with E-state index in [4.69, 9.17) is 11.5 Å². The van der Waals surface area contributed by atoms with Gasteiger partial charge in [-0.05, 0) is 18.6 Å². The van der Waals surface area contributed by atoms with Crippen LogP contribution in [0.15, 0.2) is 66.0 Å². The lowest BCUT2D eigenvalue weighted by atomic mass is 9.96. The molecule has 2 rings (SSSR count). The molecular formula is C17H21N3. The van der Waals surface area contributed by atoms with E-state index in [2.05, 4.69) is 17.5 Å². The molecule has 1 aliphatic rings. The summed E-state index contributed by atoms with van der Waals surface area (Å²) in [7, 11) is 2.03. The highest BCUT2D eigenvalue weighted by Crippen LogP contribution is 2.28. The van der Waals surface area contributed by atoms with Crippen LogP contribution in [0, 0.1) is 0 Å². The third-order valence-electron chi connectivity index (χ3n) is 3.51. The van der Waals surface area contributed by atoms with Gasteiger partial charge in [-0.1, -0.05) is 43.0 Å². The highest BCUT2D eigenvalue weighted by atomic mass is 15.1. The van der Waals surface area contributed by atoms with Gasteiger partial charge in [0.15, 0.2) is 0 Å². The average Bonchev–Trinajstić information content (AvgIpc) is 2.45. The number of fused-ring (bicyclic) bond motifs is 1. The second kappa shape index (κ2) is 5.70. The highest BCUT2D eigenvalue weighted by Gasteiger charge is 2.18. The minimum Gasteiger partial charge on any atom is -0.397 e. The van der Waals surface area contributed by atoms with Crippen LogP contribution in [0.5, 0.6) is 0 Å². The van der Waals surface area contributed by atoms with Crippen molar-refractivity contribution in [3.63, 3.8) is 0 Å². The predicted molar refractivity (Wildman–Crippen MR) is 85.2 cm³/mol. The van der Waals surface area contributed by atoms with E-state index < -0.39 is 0 Å². The van der Waals surface area contributed by atoms with E-state index in [0.717, 1.165) is 28.9 Å². The van der Waals surface area contributed by atoms with Crippen LogP contribution in [0.2, 0.25) is 0 Å². The molecule has 3 nitrogen and oxygen atoms in total. The molecule has 0 aromatic heterocycles. The van der Waals surface area contributed by atoms with Gasteiger partial charge in [-0.2, -0.15) is 0 Å². The van der Waals surface area contributed by atoms with Gasteiger partial charge in [-0.25, -0.2) is 0 Å². The van der Waals surface area contributed by atoms with Crippen LogP contribution in [-0.2, 0) is 6.54 Å². The van der Waals surface area contributed by atoms with Gasteiger partial charge < -0.3 is 16.4 Å². The summed E-state index contributed by atoms with van der Waals surface area (Å²) in [5.41, 5.74) is 17.9. The number of benzene rings is 1. The summed E-state index contributed by atoms with van der Waals surface area (Å²) < 4.78 is 0. The second-order valence-electron chi connectivity index (χ2n) is 4.84. The maximum Gasteiger partial charge on any atom is 0.0648 e. The van der Waals surface area contributed by atoms with Crippen molar-refractivity contribution >= 4 is 5.70 Å². The molecule has 1 aliphatic heterocycles. The number of rotatable bonds is 2. The molecule has 0 unspecified atom stereocenters. The molecule has 20 heavy (non-hydrogen) atoms. The Morgan fingerprint density at radius 1 is 1.20 bits per heavy atom. The van der Waals surface area contributed by atoms with Gasteiger partial charge in [0, 0.05) is 30.4 Å². The van der Waals surface area contributed by atoms with Crippen molar-refractivity contribution in [1.82, 2.24) is 4.90 Å². The Morgan fingerprint density at radius 3 is 2.55 bits per heavy atom. The monoisotopic (exact) mass is 267 g/mol. The molecule has 0 aliphatic carbocycles. The summed E-state index contributed by atoms with van der Waals surface area (Å²) in [4.78, 5) is 2.14.